The molecule has 0 amide bonds. The summed E-state index contributed by atoms with van der Waals surface area (Å²) < 4.78 is 37.1. The molecule has 1 nitrogen and oxygen atoms in total. The fraction of sp³-hybridized carbons (Fsp3) is 0.333. The van der Waals surface area contributed by atoms with Gasteiger partial charge in [0, 0.05) is 11.3 Å². The molecule has 0 aliphatic heterocycles. The first-order chi connectivity index (χ1) is 6.24. The Bertz CT molecular complexity index is 299. The summed E-state index contributed by atoms with van der Waals surface area (Å²) >= 11 is 0. The zero-order valence-corrected chi connectivity index (χ0v) is 6.99. The van der Waals surface area contributed by atoms with Gasteiger partial charge in [0.15, 0.2) is 0 Å². The zero-order chi connectivity index (χ0) is 9.84. The number of benzene rings is 1. The van der Waals surface area contributed by atoms with Crippen LogP contribution in [0.4, 0.5) is 18.9 Å². The van der Waals surface area contributed by atoms with Crippen molar-refractivity contribution in [2.24, 2.45) is 0 Å². The topological polar surface area (TPSA) is 26.0 Å². The van der Waals surface area contributed by atoms with E-state index in [2.05, 4.69) is 0 Å². The smallest absolute Gasteiger partial charge is 0.117 e. The van der Waals surface area contributed by atoms with E-state index in [1.807, 2.05) is 0 Å². The van der Waals surface area contributed by atoms with Crippen LogP contribution in [-0.2, 0) is 20.0 Å². The molecule has 0 fully saturated rings. The highest BCUT2D eigenvalue weighted by Crippen LogP contribution is 2.24. The molecule has 13 heavy (non-hydrogen) atoms. The van der Waals surface area contributed by atoms with Gasteiger partial charge in [0.25, 0.3) is 0 Å². The highest BCUT2D eigenvalue weighted by Gasteiger charge is 2.11. The summed E-state index contributed by atoms with van der Waals surface area (Å²) in [4.78, 5) is 0. The molecule has 0 aliphatic rings. The van der Waals surface area contributed by atoms with Crippen molar-refractivity contribution in [3.8, 4) is 0 Å². The molecule has 0 atom stereocenters. The maximum Gasteiger partial charge on any atom is 0.117 e. The van der Waals surface area contributed by atoms with E-state index in [-0.39, 0.29) is 22.4 Å². The van der Waals surface area contributed by atoms with E-state index >= 15 is 0 Å². The number of rotatable bonds is 3. The minimum absolute atomic E-state index is 0.0463. The molecule has 0 saturated heterocycles. The second kappa shape index (κ2) is 4.16. The van der Waals surface area contributed by atoms with Crippen LogP contribution in [0.2, 0.25) is 0 Å². The lowest BCUT2D eigenvalue weighted by molar-refractivity contribution is 0.437. The van der Waals surface area contributed by atoms with Crippen molar-refractivity contribution in [2.45, 2.75) is 20.0 Å². The molecule has 0 aliphatic carbocycles. The van der Waals surface area contributed by atoms with Crippen molar-refractivity contribution >= 4 is 5.69 Å². The van der Waals surface area contributed by atoms with Gasteiger partial charge in [0.1, 0.15) is 20.0 Å². The number of alkyl halides is 3. The summed E-state index contributed by atoms with van der Waals surface area (Å²) in [6, 6.07) is 2.77. The van der Waals surface area contributed by atoms with Gasteiger partial charge in [-0.2, -0.15) is 0 Å². The predicted molar refractivity (Wildman–Crippen MR) is 45.3 cm³/mol. The van der Waals surface area contributed by atoms with E-state index in [0.717, 1.165) is 0 Å². The molecular weight excluding hydrogens is 179 g/mol. The maximum absolute atomic E-state index is 12.4. The van der Waals surface area contributed by atoms with Crippen molar-refractivity contribution in [1.82, 2.24) is 0 Å². The SMILES string of the molecule is Nc1ccc(CF)c(CF)c1CF. The number of hydrogen-bond acceptors (Lipinski definition) is 1. The van der Waals surface area contributed by atoms with Crippen LogP contribution in [0.5, 0.6) is 0 Å². The molecule has 0 spiro atoms. The van der Waals surface area contributed by atoms with Gasteiger partial charge < -0.3 is 5.73 Å². The standard InChI is InChI=1S/C9H10F3N/c10-3-6-1-2-9(13)8(5-12)7(6)4-11/h1-2H,3-5,13H2. The number of anilines is 1. The lowest BCUT2D eigenvalue weighted by atomic mass is 10.0. The van der Waals surface area contributed by atoms with Crippen LogP contribution in [0.25, 0.3) is 0 Å². The van der Waals surface area contributed by atoms with E-state index in [9.17, 15) is 13.2 Å². The van der Waals surface area contributed by atoms with Crippen molar-refractivity contribution in [2.75, 3.05) is 5.73 Å². The first-order valence-corrected chi connectivity index (χ1v) is 3.81. The third-order valence-corrected chi connectivity index (χ3v) is 1.98. The van der Waals surface area contributed by atoms with Crippen LogP contribution in [0.15, 0.2) is 12.1 Å². The molecular formula is C9H10F3N. The molecule has 0 bridgehead atoms. The molecule has 0 saturated carbocycles. The Kier molecular flexibility index (Phi) is 3.17. The molecule has 0 aromatic heterocycles. The summed E-state index contributed by atoms with van der Waals surface area (Å²) in [7, 11) is 0. The van der Waals surface area contributed by atoms with Crippen LogP contribution in [0.1, 0.15) is 16.7 Å². The Hall–Kier alpha value is -1.19. The summed E-state index contributed by atoms with van der Waals surface area (Å²) in [5.41, 5.74) is 5.86. The Morgan fingerprint density at radius 3 is 2.00 bits per heavy atom. The van der Waals surface area contributed by atoms with Crippen LogP contribution < -0.4 is 5.73 Å². The van der Waals surface area contributed by atoms with Gasteiger partial charge in [0.2, 0.25) is 0 Å². The Labute approximate surface area is 74.4 Å². The van der Waals surface area contributed by atoms with Gasteiger partial charge in [-0.05, 0) is 17.2 Å². The van der Waals surface area contributed by atoms with Crippen LogP contribution in [0.3, 0.4) is 0 Å². The minimum atomic E-state index is -0.885. The highest BCUT2D eigenvalue weighted by molar-refractivity contribution is 5.53. The molecule has 4 heteroatoms. The van der Waals surface area contributed by atoms with Gasteiger partial charge >= 0.3 is 0 Å². The third-order valence-electron chi connectivity index (χ3n) is 1.98. The van der Waals surface area contributed by atoms with E-state index in [1.54, 1.807) is 0 Å². The fourth-order valence-corrected chi connectivity index (χ4v) is 1.21. The van der Waals surface area contributed by atoms with E-state index in [1.165, 1.54) is 12.1 Å². The van der Waals surface area contributed by atoms with Crippen molar-refractivity contribution in [3.63, 3.8) is 0 Å². The Balaban J connectivity index is 3.27. The van der Waals surface area contributed by atoms with Crippen LogP contribution in [-0.4, -0.2) is 0 Å². The second-order valence-corrected chi connectivity index (χ2v) is 2.67. The van der Waals surface area contributed by atoms with E-state index in [0.29, 0.717) is 0 Å². The van der Waals surface area contributed by atoms with Gasteiger partial charge in [-0.1, -0.05) is 6.07 Å². The van der Waals surface area contributed by atoms with E-state index < -0.39 is 20.0 Å². The molecule has 72 valence electrons. The molecule has 1 aromatic rings. The largest absolute Gasteiger partial charge is 0.398 e. The van der Waals surface area contributed by atoms with Crippen molar-refractivity contribution in [1.29, 1.82) is 0 Å². The zero-order valence-electron chi connectivity index (χ0n) is 6.99. The van der Waals surface area contributed by atoms with Crippen LogP contribution in [0, 0.1) is 0 Å². The normalized spacial score (nSPS) is 10.4. The summed E-state index contributed by atoms with van der Waals surface area (Å²) in [5.74, 6) is 0. The number of nitrogens with two attached hydrogens (primary N) is 1. The Morgan fingerprint density at radius 1 is 0.923 bits per heavy atom. The fourth-order valence-electron chi connectivity index (χ4n) is 1.21. The van der Waals surface area contributed by atoms with Gasteiger partial charge in [-0.3, -0.25) is 0 Å². The summed E-state index contributed by atoms with van der Waals surface area (Å²) in [6.45, 7) is -2.55. The monoisotopic (exact) mass is 189 g/mol. The first kappa shape index (κ1) is 9.89. The van der Waals surface area contributed by atoms with Crippen LogP contribution >= 0.6 is 0 Å². The molecule has 1 rings (SSSR count). The molecule has 0 radical (unpaired) electrons. The molecule has 0 unspecified atom stereocenters. The van der Waals surface area contributed by atoms with Gasteiger partial charge in [0.05, 0.1) is 0 Å². The molecule has 0 heterocycles. The first-order valence-electron chi connectivity index (χ1n) is 3.81. The van der Waals surface area contributed by atoms with Crippen molar-refractivity contribution < 1.29 is 13.2 Å². The molecule has 2 N–H and O–H groups in total. The van der Waals surface area contributed by atoms with Gasteiger partial charge in [-0.15, -0.1) is 0 Å². The highest BCUT2D eigenvalue weighted by atomic mass is 19.1. The quantitative estimate of drug-likeness (QED) is 0.727. The average molecular weight is 189 g/mol. The lowest BCUT2D eigenvalue weighted by Crippen LogP contribution is -2.01. The van der Waals surface area contributed by atoms with Gasteiger partial charge in [-0.25, -0.2) is 13.2 Å². The third kappa shape index (κ3) is 1.76. The summed E-state index contributed by atoms with van der Waals surface area (Å²) in [5, 5.41) is 0. The minimum Gasteiger partial charge on any atom is -0.398 e. The maximum atomic E-state index is 12.4. The average Bonchev–Trinajstić information content (AvgIpc) is 2.17. The summed E-state index contributed by atoms with van der Waals surface area (Å²) in [6.07, 6.45) is 0. The second-order valence-electron chi connectivity index (χ2n) is 2.67. The number of hydrogen-bond donors (Lipinski definition) is 1. The van der Waals surface area contributed by atoms with Crippen molar-refractivity contribution in [3.05, 3.63) is 28.8 Å². The Morgan fingerprint density at radius 2 is 1.54 bits per heavy atom. The lowest BCUT2D eigenvalue weighted by Gasteiger charge is -2.09. The number of halogens is 3. The number of nitrogen functional groups attached to an aromatic ring is 1. The predicted octanol–water partition coefficient (Wildman–Crippen LogP) is 2.68. The molecule has 1 aromatic carbocycles. The van der Waals surface area contributed by atoms with E-state index in [4.69, 9.17) is 5.73 Å².